The minimum atomic E-state index is 0.0562. The fourth-order valence-electron chi connectivity index (χ4n) is 1.14. The molecule has 0 fully saturated rings. The highest BCUT2D eigenvalue weighted by Crippen LogP contribution is 2.26. The van der Waals surface area contributed by atoms with Gasteiger partial charge in [0.25, 0.3) is 0 Å². The lowest BCUT2D eigenvalue weighted by Crippen LogP contribution is -2.06. The molecule has 1 unspecified atom stereocenters. The van der Waals surface area contributed by atoms with Gasteiger partial charge in [0.1, 0.15) is 11.5 Å². The molecule has 0 amide bonds. The summed E-state index contributed by atoms with van der Waals surface area (Å²) in [5.41, 5.74) is 1.02. The molecule has 4 heteroatoms. The Labute approximate surface area is 89.1 Å². The van der Waals surface area contributed by atoms with Crippen LogP contribution >= 0.6 is 11.8 Å². The summed E-state index contributed by atoms with van der Waals surface area (Å²) in [6, 6.07) is 5.72. The molecule has 0 spiro atoms. The van der Waals surface area contributed by atoms with Gasteiger partial charge in [-0.3, -0.25) is 0 Å². The van der Waals surface area contributed by atoms with Crippen LogP contribution in [0.1, 0.15) is 18.5 Å². The summed E-state index contributed by atoms with van der Waals surface area (Å²) < 4.78 is 10.3. The maximum atomic E-state index is 5.55. The van der Waals surface area contributed by atoms with Gasteiger partial charge in [0.2, 0.25) is 0 Å². The van der Waals surface area contributed by atoms with Crippen molar-refractivity contribution in [2.45, 2.75) is 13.0 Å². The molecule has 0 saturated carbocycles. The molecule has 1 aromatic carbocycles. The monoisotopic (exact) mass is 215 g/mol. The molecule has 0 aliphatic heterocycles. The minimum absolute atomic E-state index is 0.0562. The van der Waals surface area contributed by atoms with Gasteiger partial charge in [0.05, 0.1) is 14.2 Å². The van der Waals surface area contributed by atoms with Gasteiger partial charge in [-0.2, -0.15) is 0 Å². The van der Waals surface area contributed by atoms with Crippen molar-refractivity contribution in [1.82, 2.24) is 4.84 Å². The van der Waals surface area contributed by atoms with E-state index in [1.807, 2.05) is 25.1 Å². The van der Waals surface area contributed by atoms with Crippen LogP contribution in [-0.2, 0) is 0 Å². The summed E-state index contributed by atoms with van der Waals surface area (Å²) in [6.07, 6.45) is 0. The molecule has 1 rings (SSSR count). The molecular weight excluding hydrogens is 202 g/mol. The molecular formula is C10H14ClNO2. The zero-order valence-electron chi connectivity index (χ0n) is 8.50. The average Bonchev–Trinajstić information content (AvgIpc) is 2.27. The van der Waals surface area contributed by atoms with E-state index in [0.717, 1.165) is 17.1 Å². The summed E-state index contributed by atoms with van der Waals surface area (Å²) in [7, 11) is 3.24. The topological polar surface area (TPSA) is 30.5 Å². The van der Waals surface area contributed by atoms with E-state index in [2.05, 4.69) is 4.84 Å². The maximum absolute atomic E-state index is 5.55. The molecule has 0 aliphatic rings. The molecule has 14 heavy (non-hydrogen) atoms. The van der Waals surface area contributed by atoms with Crippen LogP contribution in [-0.4, -0.2) is 14.2 Å². The Morgan fingerprint density at radius 1 is 1.14 bits per heavy atom. The molecule has 0 aliphatic carbocycles. The zero-order chi connectivity index (χ0) is 10.6. The lowest BCUT2D eigenvalue weighted by atomic mass is 10.1. The van der Waals surface area contributed by atoms with Gasteiger partial charge in [0.15, 0.2) is 0 Å². The first-order chi connectivity index (χ1) is 6.71. The lowest BCUT2D eigenvalue weighted by Gasteiger charge is -2.12. The smallest absolute Gasteiger partial charge is 0.122 e. The molecule has 0 saturated heterocycles. The highest BCUT2D eigenvalue weighted by Gasteiger charge is 2.07. The Balaban J connectivity index is 3.04. The first kappa shape index (κ1) is 11.1. The Kier molecular flexibility index (Phi) is 4.04. The molecule has 1 aromatic rings. The summed E-state index contributed by atoms with van der Waals surface area (Å²) in [4.78, 5) is 2.64. The third kappa shape index (κ3) is 2.53. The van der Waals surface area contributed by atoms with Crippen LogP contribution in [0.15, 0.2) is 18.2 Å². The van der Waals surface area contributed by atoms with Crippen LogP contribution < -0.4 is 14.3 Å². The van der Waals surface area contributed by atoms with Gasteiger partial charge in [-0.05, 0) is 36.4 Å². The molecule has 0 radical (unpaired) electrons. The number of benzene rings is 1. The Morgan fingerprint density at radius 3 is 2.00 bits per heavy atom. The van der Waals surface area contributed by atoms with Crippen LogP contribution in [0.4, 0.5) is 0 Å². The van der Waals surface area contributed by atoms with Crippen LogP contribution in [0.25, 0.3) is 0 Å². The quantitative estimate of drug-likeness (QED) is 0.783. The highest BCUT2D eigenvalue weighted by atomic mass is 35.5. The zero-order valence-corrected chi connectivity index (χ0v) is 9.26. The van der Waals surface area contributed by atoms with Crippen LogP contribution in [0, 0.1) is 0 Å². The summed E-state index contributed by atoms with van der Waals surface area (Å²) >= 11 is 5.55. The summed E-state index contributed by atoms with van der Waals surface area (Å²) in [5.74, 6) is 1.52. The van der Waals surface area contributed by atoms with Crippen molar-refractivity contribution in [3.05, 3.63) is 23.8 Å². The Hall–Kier alpha value is -0.930. The van der Waals surface area contributed by atoms with E-state index < -0.39 is 0 Å². The predicted octanol–water partition coefficient (Wildman–Crippen LogP) is 2.51. The predicted molar refractivity (Wildman–Crippen MR) is 56.9 cm³/mol. The molecule has 1 atom stereocenters. The van der Waals surface area contributed by atoms with E-state index in [9.17, 15) is 0 Å². The maximum Gasteiger partial charge on any atom is 0.122 e. The van der Waals surface area contributed by atoms with E-state index in [-0.39, 0.29) is 6.04 Å². The van der Waals surface area contributed by atoms with Crippen molar-refractivity contribution in [2.24, 2.45) is 0 Å². The minimum Gasteiger partial charge on any atom is -0.497 e. The second-order valence-corrected chi connectivity index (χ2v) is 3.20. The number of hydrogen-bond donors (Lipinski definition) is 1. The normalized spacial score (nSPS) is 12.3. The highest BCUT2D eigenvalue weighted by molar-refractivity contribution is 6.13. The van der Waals surface area contributed by atoms with E-state index in [1.54, 1.807) is 14.2 Å². The number of halogens is 1. The van der Waals surface area contributed by atoms with E-state index in [1.165, 1.54) is 0 Å². The van der Waals surface area contributed by atoms with Crippen molar-refractivity contribution < 1.29 is 9.47 Å². The van der Waals surface area contributed by atoms with Crippen LogP contribution in [0.2, 0.25) is 0 Å². The average molecular weight is 216 g/mol. The fourth-order valence-corrected chi connectivity index (χ4v) is 1.27. The number of ether oxygens (including phenoxy) is 2. The van der Waals surface area contributed by atoms with Gasteiger partial charge in [-0.15, -0.1) is 0 Å². The van der Waals surface area contributed by atoms with Crippen molar-refractivity contribution in [3.8, 4) is 11.5 Å². The third-order valence-electron chi connectivity index (χ3n) is 2.04. The van der Waals surface area contributed by atoms with Gasteiger partial charge in [-0.1, -0.05) is 0 Å². The molecule has 3 nitrogen and oxygen atoms in total. The standard InChI is InChI=1S/C10H14ClNO2/c1-7(12-11)8-4-9(13-2)6-10(5-8)14-3/h4-7,12H,1-3H3. The van der Waals surface area contributed by atoms with Crippen molar-refractivity contribution >= 4 is 11.8 Å². The molecule has 0 bridgehead atoms. The van der Waals surface area contributed by atoms with Gasteiger partial charge in [-0.25, -0.2) is 4.84 Å². The molecule has 78 valence electrons. The first-order valence-corrected chi connectivity index (χ1v) is 4.68. The first-order valence-electron chi connectivity index (χ1n) is 4.30. The van der Waals surface area contributed by atoms with Gasteiger partial charge in [0, 0.05) is 12.1 Å². The summed E-state index contributed by atoms with van der Waals surface area (Å²) in [6.45, 7) is 1.96. The van der Waals surface area contributed by atoms with Crippen molar-refractivity contribution in [3.63, 3.8) is 0 Å². The second-order valence-electron chi connectivity index (χ2n) is 2.98. The number of hydrogen-bond acceptors (Lipinski definition) is 3. The second kappa shape index (κ2) is 5.08. The number of nitrogens with one attached hydrogen (secondary N) is 1. The van der Waals surface area contributed by atoms with Crippen LogP contribution in [0.3, 0.4) is 0 Å². The lowest BCUT2D eigenvalue weighted by molar-refractivity contribution is 0.392. The van der Waals surface area contributed by atoms with E-state index in [0.29, 0.717) is 0 Å². The van der Waals surface area contributed by atoms with Gasteiger partial charge < -0.3 is 9.47 Å². The largest absolute Gasteiger partial charge is 0.497 e. The Bertz CT molecular complexity index is 282. The molecule has 0 heterocycles. The molecule has 1 N–H and O–H groups in total. The van der Waals surface area contributed by atoms with Crippen LogP contribution in [0.5, 0.6) is 11.5 Å². The van der Waals surface area contributed by atoms with Crippen molar-refractivity contribution in [2.75, 3.05) is 14.2 Å². The molecule has 0 aromatic heterocycles. The van der Waals surface area contributed by atoms with Gasteiger partial charge >= 0.3 is 0 Å². The van der Waals surface area contributed by atoms with Crippen molar-refractivity contribution in [1.29, 1.82) is 0 Å². The van der Waals surface area contributed by atoms with E-state index in [4.69, 9.17) is 21.3 Å². The summed E-state index contributed by atoms with van der Waals surface area (Å²) in [5, 5.41) is 0. The number of rotatable bonds is 4. The number of methoxy groups -OCH3 is 2. The van der Waals surface area contributed by atoms with E-state index >= 15 is 0 Å². The SMILES string of the molecule is COc1cc(OC)cc(C(C)NCl)c1. The Morgan fingerprint density at radius 2 is 1.64 bits per heavy atom. The third-order valence-corrected chi connectivity index (χ3v) is 2.36. The fraction of sp³-hybridized carbons (Fsp3) is 0.400.